The molecule has 0 aliphatic carbocycles. The van der Waals surface area contributed by atoms with Gasteiger partial charge in [0, 0.05) is 43.8 Å². The van der Waals surface area contributed by atoms with E-state index < -0.39 is 0 Å². The number of ether oxygens (including phenoxy) is 1. The van der Waals surface area contributed by atoms with Crippen LogP contribution in [0.5, 0.6) is 0 Å². The van der Waals surface area contributed by atoms with E-state index >= 15 is 0 Å². The van der Waals surface area contributed by atoms with Gasteiger partial charge in [0.05, 0.1) is 19.3 Å². The van der Waals surface area contributed by atoms with Gasteiger partial charge in [0.1, 0.15) is 0 Å². The van der Waals surface area contributed by atoms with E-state index in [0.29, 0.717) is 18.7 Å². The summed E-state index contributed by atoms with van der Waals surface area (Å²) in [6.07, 6.45) is 2.59. The topological polar surface area (TPSA) is 60.9 Å². The highest BCUT2D eigenvalue weighted by Gasteiger charge is 2.22. The number of halogens is 1. The lowest BCUT2D eigenvalue weighted by molar-refractivity contribution is 0.0532. The number of nitrogens with one attached hydrogen (secondary N) is 3. The quantitative estimate of drug-likeness (QED) is 0.216. The van der Waals surface area contributed by atoms with Gasteiger partial charge in [0.2, 0.25) is 0 Å². The van der Waals surface area contributed by atoms with Crippen LogP contribution in [0.3, 0.4) is 0 Å². The van der Waals surface area contributed by atoms with Crippen LogP contribution in [-0.4, -0.2) is 67.9 Å². The second kappa shape index (κ2) is 15.1. The first-order valence-electron chi connectivity index (χ1n) is 12.0. The molecule has 1 aromatic rings. The van der Waals surface area contributed by atoms with Gasteiger partial charge >= 0.3 is 0 Å². The van der Waals surface area contributed by atoms with Gasteiger partial charge in [-0.2, -0.15) is 0 Å². The van der Waals surface area contributed by atoms with Crippen molar-refractivity contribution in [3.05, 3.63) is 35.9 Å². The van der Waals surface area contributed by atoms with Crippen LogP contribution in [0.15, 0.2) is 35.3 Å². The van der Waals surface area contributed by atoms with Gasteiger partial charge in [-0.3, -0.25) is 4.99 Å². The molecule has 1 fully saturated rings. The fourth-order valence-electron chi connectivity index (χ4n) is 3.97. The molecule has 0 spiro atoms. The van der Waals surface area contributed by atoms with Gasteiger partial charge in [0.25, 0.3) is 0 Å². The van der Waals surface area contributed by atoms with Gasteiger partial charge in [-0.1, -0.05) is 30.3 Å². The molecule has 1 aromatic carbocycles. The summed E-state index contributed by atoms with van der Waals surface area (Å²) in [4.78, 5) is 7.41. The van der Waals surface area contributed by atoms with Crippen molar-refractivity contribution in [1.29, 1.82) is 0 Å². The fraction of sp³-hybridized carbons (Fsp3) is 0.720. The van der Waals surface area contributed by atoms with E-state index in [1.807, 2.05) is 0 Å². The molecule has 1 atom stereocenters. The summed E-state index contributed by atoms with van der Waals surface area (Å²) in [7, 11) is 0. The summed E-state index contributed by atoms with van der Waals surface area (Å²) in [5.74, 6) is 0.923. The molecule has 1 unspecified atom stereocenters. The minimum atomic E-state index is -0.0998. The standard InChI is InChI=1S/C25H45N5O.HI/c1-7-26-24(28-23-13-15-30(16-14-23)17-18-31-20(2)3)27-19-25(5,6)29-21(4)22-11-9-8-10-12-22;/h8-12,20-21,23,29H,7,13-19H2,1-6H3,(H2,26,27,28);1H. The molecule has 0 aromatic heterocycles. The average molecular weight is 560 g/mol. The second-order valence-electron chi connectivity index (χ2n) is 9.54. The summed E-state index contributed by atoms with van der Waals surface area (Å²) in [5.41, 5.74) is 1.20. The Hall–Kier alpha value is -0.900. The van der Waals surface area contributed by atoms with E-state index in [0.717, 1.165) is 51.6 Å². The van der Waals surface area contributed by atoms with Crippen molar-refractivity contribution in [2.24, 2.45) is 4.99 Å². The first-order valence-corrected chi connectivity index (χ1v) is 12.0. The van der Waals surface area contributed by atoms with Crippen LogP contribution >= 0.6 is 24.0 Å². The van der Waals surface area contributed by atoms with Crippen molar-refractivity contribution in [2.45, 2.75) is 78.1 Å². The zero-order chi connectivity index (χ0) is 22.7. The van der Waals surface area contributed by atoms with Crippen LogP contribution < -0.4 is 16.0 Å². The van der Waals surface area contributed by atoms with Crippen LogP contribution in [-0.2, 0) is 4.74 Å². The second-order valence-corrected chi connectivity index (χ2v) is 9.54. The predicted molar refractivity (Wildman–Crippen MR) is 147 cm³/mol. The van der Waals surface area contributed by atoms with Crippen molar-refractivity contribution in [3.8, 4) is 0 Å². The van der Waals surface area contributed by atoms with Gasteiger partial charge in [-0.25, -0.2) is 0 Å². The third-order valence-electron chi connectivity index (χ3n) is 5.67. The lowest BCUT2D eigenvalue weighted by Gasteiger charge is -2.33. The van der Waals surface area contributed by atoms with E-state index in [9.17, 15) is 0 Å². The molecule has 0 radical (unpaired) electrons. The number of guanidine groups is 1. The van der Waals surface area contributed by atoms with Crippen LogP contribution in [0.25, 0.3) is 0 Å². The van der Waals surface area contributed by atoms with E-state index in [1.165, 1.54) is 5.56 Å². The fourth-order valence-corrected chi connectivity index (χ4v) is 3.97. The molecule has 0 saturated carbocycles. The molecule has 0 bridgehead atoms. The predicted octanol–water partition coefficient (Wildman–Crippen LogP) is 4.18. The molecule has 6 nitrogen and oxygen atoms in total. The highest BCUT2D eigenvalue weighted by Crippen LogP contribution is 2.16. The first-order chi connectivity index (χ1) is 14.8. The summed E-state index contributed by atoms with van der Waals surface area (Å²) < 4.78 is 5.69. The third-order valence-corrected chi connectivity index (χ3v) is 5.67. The average Bonchev–Trinajstić information content (AvgIpc) is 2.73. The Bertz CT molecular complexity index is 645. The minimum absolute atomic E-state index is 0. The molecule has 32 heavy (non-hydrogen) atoms. The number of aliphatic imine (C=N–C) groups is 1. The number of likely N-dealkylation sites (tertiary alicyclic amines) is 1. The van der Waals surface area contributed by atoms with Crippen LogP contribution in [0, 0.1) is 0 Å². The van der Waals surface area contributed by atoms with E-state index in [2.05, 4.69) is 92.7 Å². The smallest absolute Gasteiger partial charge is 0.191 e. The van der Waals surface area contributed by atoms with E-state index in [4.69, 9.17) is 9.73 Å². The van der Waals surface area contributed by atoms with Crippen molar-refractivity contribution in [3.63, 3.8) is 0 Å². The largest absolute Gasteiger partial charge is 0.377 e. The van der Waals surface area contributed by atoms with Gasteiger partial charge < -0.3 is 25.6 Å². The normalized spacial score (nSPS) is 17.2. The van der Waals surface area contributed by atoms with Crippen LogP contribution in [0.4, 0.5) is 0 Å². The Labute approximate surface area is 213 Å². The zero-order valence-electron chi connectivity index (χ0n) is 21.0. The number of piperidine rings is 1. The number of nitrogens with zero attached hydrogens (tertiary/aromatic N) is 2. The first kappa shape index (κ1) is 29.1. The SMILES string of the molecule is CCNC(=NCC(C)(C)NC(C)c1ccccc1)NC1CCN(CCOC(C)C)CC1.I. The molecule has 2 rings (SSSR count). The Morgan fingerprint density at radius 3 is 2.41 bits per heavy atom. The molecule has 184 valence electrons. The molecule has 0 amide bonds. The van der Waals surface area contributed by atoms with Crippen molar-refractivity contribution >= 4 is 29.9 Å². The maximum atomic E-state index is 5.69. The Balaban J connectivity index is 0.00000512. The maximum Gasteiger partial charge on any atom is 0.191 e. The van der Waals surface area contributed by atoms with Crippen LogP contribution in [0.2, 0.25) is 0 Å². The van der Waals surface area contributed by atoms with E-state index in [1.54, 1.807) is 0 Å². The lowest BCUT2D eigenvalue weighted by Crippen LogP contribution is -2.50. The summed E-state index contributed by atoms with van der Waals surface area (Å²) in [5, 5.41) is 10.8. The molecule has 3 N–H and O–H groups in total. The molecule has 1 aliphatic rings. The summed E-state index contributed by atoms with van der Waals surface area (Å²) >= 11 is 0. The number of hydrogen-bond acceptors (Lipinski definition) is 4. The van der Waals surface area contributed by atoms with Gasteiger partial charge in [0.15, 0.2) is 5.96 Å². The highest BCUT2D eigenvalue weighted by molar-refractivity contribution is 14.0. The molecule has 1 saturated heterocycles. The molecular formula is C25H46IN5O. The lowest BCUT2D eigenvalue weighted by atomic mass is 10.0. The summed E-state index contributed by atoms with van der Waals surface area (Å²) in [6.45, 7) is 18.6. The van der Waals surface area contributed by atoms with Crippen molar-refractivity contribution in [1.82, 2.24) is 20.9 Å². The maximum absolute atomic E-state index is 5.69. The molecule has 1 heterocycles. The number of rotatable bonds is 11. The molecular weight excluding hydrogens is 513 g/mol. The highest BCUT2D eigenvalue weighted by atomic mass is 127. The third kappa shape index (κ3) is 11.3. The Morgan fingerprint density at radius 2 is 1.81 bits per heavy atom. The molecule has 7 heteroatoms. The minimum Gasteiger partial charge on any atom is -0.377 e. The van der Waals surface area contributed by atoms with Gasteiger partial charge in [-0.05, 0) is 59.9 Å². The number of benzene rings is 1. The van der Waals surface area contributed by atoms with Crippen molar-refractivity contribution < 1.29 is 4.74 Å². The monoisotopic (exact) mass is 559 g/mol. The van der Waals surface area contributed by atoms with Crippen LogP contribution in [0.1, 0.15) is 66.0 Å². The molecule has 1 aliphatic heterocycles. The Morgan fingerprint density at radius 1 is 1.16 bits per heavy atom. The Kier molecular flexibility index (Phi) is 13.7. The van der Waals surface area contributed by atoms with Crippen molar-refractivity contribution in [2.75, 3.05) is 39.3 Å². The summed E-state index contributed by atoms with van der Waals surface area (Å²) in [6, 6.07) is 11.3. The zero-order valence-corrected chi connectivity index (χ0v) is 23.3. The van der Waals surface area contributed by atoms with E-state index in [-0.39, 0.29) is 35.6 Å². The van der Waals surface area contributed by atoms with Gasteiger partial charge in [-0.15, -0.1) is 24.0 Å². The number of hydrogen-bond donors (Lipinski definition) is 3.